The van der Waals surface area contributed by atoms with Crippen molar-refractivity contribution in [3.63, 3.8) is 0 Å². The molecule has 5 rings (SSSR count). The molecule has 0 spiro atoms. The number of hydrogen-bond donors (Lipinski definition) is 0. The molecule has 0 aromatic heterocycles. The summed E-state index contributed by atoms with van der Waals surface area (Å²) in [5.74, 6) is 0.236. The molecule has 5 aromatic carbocycles. The van der Waals surface area contributed by atoms with Crippen LogP contribution in [0.4, 0.5) is 0 Å². The molecule has 0 saturated carbocycles. The Morgan fingerprint density at radius 3 is 1.74 bits per heavy atom. The van der Waals surface area contributed by atoms with E-state index in [1.807, 2.05) is 122 Å². The molecule has 5 aromatic rings. The van der Waals surface area contributed by atoms with E-state index >= 15 is 0 Å². The van der Waals surface area contributed by atoms with Gasteiger partial charge in [-0.3, -0.25) is 4.21 Å². The lowest BCUT2D eigenvalue weighted by molar-refractivity contribution is 0.292. The van der Waals surface area contributed by atoms with Crippen molar-refractivity contribution < 1.29 is 17.4 Å². The summed E-state index contributed by atoms with van der Waals surface area (Å²) in [5.41, 5.74) is 4.21. The van der Waals surface area contributed by atoms with Crippen LogP contribution in [-0.4, -0.2) is 18.9 Å². The van der Waals surface area contributed by atoms with Crippen LogP contribution in [0.2, 0.25) is 0 Å². The van der Waals surface area contributed by atoms with E-state index in [1.54, 1.807) is 12.1 Å². The summed E-state index contributed by atoms with van der Waals surface area (Å²) < 4.78 is 49.6. The first-order valence-corrected chi connectivity index (χ1v) is 17.8. The topological polar surface area (TPSA) is 60.4 Å². The second-order valence-electron chi connectivity index (χ2n) is 9.88. The van der Waals surface area contributed by atoms with Crippen molar-refractivity contribution in [3.05, 3.63) is 155 Å². The van der Waals surface area contributed by atoms with Gasteiger partial charge in [-0.2, -0.15) is 0 Å². The lowest BCUT2D eigenvalue weighted by Gasteiger charge is -2.22. The van der Waals surface area contributed by atoms with E-state index in [0.29, 0.717) is 21.8 Å². The fourth-order valence-electron chi connectivity index (χ4n) is 4.80. The number of ether oxygens (including phenoxy) is 1. The average Bonchev–Trinajstić information content (AvgIpc) is 3.01. The quantitative estimate of drug-likeness (QED) is 0.134. The summed E-state index contributed by atoms with van der Waals surface area (Å²) in [6.07, 6.45) is 2.36. The minimum atomic E-state index is -4.00. The molecule has 214 valence electrons. The fourth-order valence-corrected chi connectivity index (χ4v) is 9.46. The Bertz CT molecular complexity index is 1740. The minimum Gasteiger partial charge on any atom is -0.487 e. The number of hydrogen-bond acceptors (Lipinski definition) is 5. The molecule has 0 saturated heterocycles. The van der Waals surface area contributed by atoms with Crippen LogP contribution in [0.5, 0.6) is 5.75 Å². The van der Waals surface area contributed by atoms with E-state index in [0.717, 1.165) is 22.3 Å². The molecular weight excluding hydrogens is 581 g/mol. The summed E-state index contributed by atoms with van der Waals surface area (Å²) in [6.45, 7) is 0.180. The van der Waals surface area contributed by atoms with Crippen LogP contribution < -0.4 is 4.74 Å². The normalized spacial score (nSPS) is 12.1. The molecule has 0 fully saturated rings. The number of benzene rings is 5. The van der Waals surface area contributed by atoms with Crippen LogP contribution in [0.1, 0.15) is 27.8 Å². The molecule has 42 heavy (non-hydrogen) atoms. The Labute approximate surface area is 255 Å². The van der Waals surface area contributed by atoms with Gasteiger partial charge in [0, 0.05) is 16.9 Å². The van der Waals surface area contributed by atoms with Gasteiger partial charge < -0.3 is 4.74 Å². The summed E-state index contributed by atoms with van der Waals surface area (Å²) in [6, 6.07) is 40.1. The molecule has 0 aliphatic carbocycles. The number of sulfone groups is 1. The predicted molar refractivity (Wildman–Crippen MR) is 172 cm³/mol. The van der Waals surface area contributed by atoms with Crippen LogP contribution in [0.3, 0.4) is 0 Å². The van der Waals surface area contributed by atoms with E-state index in [-0.39, 0.29) is 28.8 Å². The summed E-state index contributed by atoms with van der Waals surface area (Å²) in [7, 11) is -5.65. The van der Waals surface area contributed by atoms with E-state index < -0.39 is 20.6 Å². The molecular formula is C35H32O4S3. The van der Waals surface area contributed by atoms with Crippen molar-refractivity contribution >= 4 is 32.4 Å². The first-order valence-electron chi connectivity index (χ1n) is 13.6. The first-order chi connectivity index (χ1) is 20.4. The highest BCUT2D eigenvalue weighted by molar-refractivity contribution is 7.99. The van der Waals surface area contributed by atoms with E-state index in [1.165, 1.54) is 11.8 Å². The van der Waals surface area contributed by atoms with Crippen LogP contribution in [0.15, 0.2) is 142 Å². The van der Waals surface area contributed by atoms with Crippen LogP contribution in [-0.2, 0) is 45.2 Å². The zero-order valence-corrected chi connectivity index (χ0v) is 25.8. The molecule has 4 nitrogen and oxygen atoms in total. The third-order valence-electron chi connectivity index (χ3n) is 6.80. The molecule has 0 heterocycles. The molecule has 0 bridgehead atoms. The molecule has 0 amide bonds. The maximum atomic E-state index is 14.5. The Hall–Kier alpha value is -3.65. The summed E-state index contributed by atoms with van der Waals surface area (Å²) >= 11 is 1.41. The van der Waals surface area contributed by atoms with Gasteiger partial charge in [-0.05, 0) is 34.6 Å². The fraction of sp³-hybridized carbons (Fsp3) is 0.143. The van der Waals surface area contributed by atoms with Gasteiger partial charge in [0.1, 0.15) is 17.3 Å². The highest BCUT2D eigenvalue weighted by atomic mass is 32.2. The lowest BCUT2D eigenvalue weighted by atomic mass is 10.0. The van der Waals surface area contributed by atoms with Gasteiger partial charge in [0.2, 0.25) is 0 Å². The van der Waals surface area contributed by atoms with Crippen LogP contribution in [0, 0.1) is 0 Å². The van der Waals surface area contributed by atoms with Gasteiger partial charge in [0.25, 0.3) is 0 Å². The van der Waals surface area contributed by atoms with Gasteiger partial charge in [-0.15, -0.1) is 11.8 Å². The molecule has 0 aliphatic heterocycles. The summed E-state index contributed by atoms with van der Waals surface area (Å²) in [5, 5.41) is 0. The van der Waals surface area contributed by atoms with E-state index in [4.69, 9.17) is 4.74 Å². The predicted octanol–water partition coefficient (Wildman–Crippen LogP) is 7.86. The monoisotopic (exact) mass is 612 g/mol. The zero-order valence-electron chi connectivity index (χ0n) is 23.3. The zero-order chi connectivity index (χ0) is 29.4. The van der Waals surface area contributed by atoms with Gasteiger partial charge in [-0.1, -0.05) is 121 Å². The Morgan fingerprint density at radius 2 is 1.19 bits per heavy atom. The van der Waals surface area contributed by atoms with Gasteiger partial charge in [0.05, 0.1) is 27.2 Å². The van der Waals surface area contributed by atoms with Gasteiger partial charge >= 0.3 is 0 Å². The van der Waals surface area contributed by atoms with Crippen molar-refractivity contribution in [2.24, 2.45) is 0 Å². The van der Waals surface area contributed by atoms with Crippen LogP contribution >= 0.6 is 11.8 Å². The second kappa shape index (κ2) is 14.0. The maximum absolute atomic E-state index is 14.5. The smallest absolute Gasteiger partial charge is 0.187 e. The number of thioether (sulfide) groups is 1. The largest absolute Gasteiger partial charge is 0.487 e. The third-order valence-corrected chi connectivity index (χ3v) is 11.0. The summed E-state index contributed by atoms with van der Waals surface area (Å²) in [4.78, 5) is 1.00. The Kier molecular flexibility index (Phi) is 9.95. The minimum absolute atomic E-state index is 0.0225. The average molecular weight is 613 g/mol. The van der Waals surface area contributed by atoms with E-state index in [9.17, 15) is 12.6 Å². The van der Waals surface area contributed by atoms with E-state index in [2.05, 4.69) is 0 Å². The van der Waals surface area contributed by atoms with Crippen molar-refractivity contribution in [2.45, 2.75) is 39.2 Å². The van der Waals surface area contributed by atoms with Crippen molar-refractivity contribution in [1.82, 2.24) is 0 Å². The van der Waals surface area contributed by atoms with Gasteiger partial charge in [0.15, 0.2) is 9.84 Å². The van der Waals surface area contributed by atoms with Crippen LogP contribution in [0.25, 0.3) is 0 Å². The molecule has 1 atom stereocenters. The SMILES string of the molecule is CSc1cc(Cc2ccccc2)c(OCc2ccccc2)c(S(=O)(=O)Cc2ccccc2)c1S(=O)Cc1ccccc1. The molecule has 0 aliphatic rings. The number of rotatable bonds is 12. The third kappa shape index (κ3) is 7.40. The van der Waals surface area contributed by atoms with Gasteiger partial charge in [-0.25, -0.2) is 8.42 Å². The van der Waals surface area contributed by atoms with Crippen molar-refractivity contribution in [1.29, 1.82) is 0 Å². The highest BCUT2D eigenvalue weighted by Gasteiger charge is 2.32. The Morgan fingerprint density at radius 1 is 0.690 bits per heavy atom. The molecule has 0 N–H and O–H groups in total. The van der Waals surface area contributed by atoms with Crippen molar-refractivity contribution in [3.8, 4) is 5.75 Å². The molecule has 7 heteroatoms. The molecule has 0 radical (unpaired) electrons. The highest BCUT2D eigenvalue weighted by Crippen LogP contribution is 2.43. The van der Waals surface area contributed by atoms with Crippen molar-refractivity contribution in [2.75, 3.05) is 6.26 Å². The first kappa shape index (κ1) is 29.8. The Balaban J connectivity index is 1.72. The molecule has 1 unspecified atom stereocenters. The lowest BCUT2D eigenvalue weighted by Crippen LogP contribution is -2.15. The standard InChI is InChI=1S/C35H32O4S3/c1-40-32-23-31(22-27-14-6-2-7-15-27)33(39-24-28-16-8-3-9-17-28)35(42(37,38)26-30-20-12-5-13-21-30)34(32)41(36)25-29-18-10-4-11-19-29/h2-21,23H,22,24-26H2,1H3. The second-order valence-corrected chi connectivity index (χ2v) is 14.0. The maximum Gasteiger partial charge on any atom is 0.187 e.